The van der Waals surface area contributed by atoms with Gasteiger partial charge in [-0.15, -0.1) is 0 Å². The van der Waals surface area contributed by atoms with Gasteiger partial charge in [0.15, 0.2) is 5.69 Å². The van der Waals surface area contributed by atoms with E-state index >= 15 is 0 Å². The average molecular weight is 390 g/mol. The number of furan rings is 1. The fraction of sp³-hybridized carbons (Fsp3) is 0.227. The van der Waals surface area contributed by atoms with Gasteiger partial charge in [0, 0.05) is 16.3 Å². The maximum absolute atomic E-state index is 12.6. The second-order valence-electron chi connectivity index (χ2n) is 7.13. The van der Waals surface area contributed by atoms with E-state index in [2.05, 4.69) is 20.8 Å². The van der Waals surface area contributed by atoms with Crippen molar-refractivity contribution in [3.63, 3.8) is 0 Å². The largest absolute Gasteiger partial charge is 0.459 e. The highest BCUT2D eigenvalue weighted by Gasteiger charge is 2.23. The van der Waals surface area contributed by atoms with Gasteiger partial charge in [0.1, 0.15) is 17.4 Å². The number of hydrogen-bond acceptors (Lipinski definition) is 4. The summed E-state index contributed by atoms with van der Waals surface area (Å²) in [7, 11) is 0. The molecule has 2 heterocycles. The first-order valence-electron chi connectivity index (χ1n) is 9.48. The van der Waals surface area contributed by atoms with Crippen LogP contribution in [-0.4, -0.2) is 28.1 Å². The Hall–Kier alpha value is -3.61. The van der Waals surface area contributed by atoms with E-state index in [1.54, 1.807) is 6.92 Å². The number of aromatic amines is 1. The summed E-state index contributed by atoms with van der Waals surface area (Å²) in [4.78, 5) is 25.2. The lowest BCUT2D eigenvalue weighted by Gasteiger charge is -2.17. The minimum absolute atomic E-state index is 0.265. The van der Waals surface area contributed by atoms with E-state index in [0.29, 0.717) is 11.1 Å². The fourth-order valence-corrected chi connectivity index (χ4v) is 3.48. The third-order valence-electron chi connectivity index (χ3n) is 5.06. The van der Waals surface area contributed by atoms with Crippen LogP contribution in [0.25, 0.3) is 21.9 Å². The zero-order chi connectivity index (χ0) is 20.5. The molecule has 4 aromatic rings. The molecule has 0 aliphatic heterocycles. The summed E-state index contributed by atoms with van der Waals surface area (Å²) >= 11 is 0. The Morgan fingerprint density at radius 1 is 1.00 bits per heavy atom. The van der Waals surface area contributed by atoms with Crippen LogP contribution in [0.3, 0.4) is 0 Å². The summed E-state index contributed by atoms with van der Waals surface area (Å²) in [5, 5.41) is 14.2. The van der Waals surface area contributed by atoms with Gasteiger partial charge >= 0.3 is 0 Å². The first kappa shape index (κ1) is 18.7. The molecule has 2 atom stereocenters. The molecule has 2 amide bonds. The van der Waals surface area contributed by atoms with E-state index in [-0.39, 0.29) is 17.6 Å². The number of aromatic nitrogens is 2. The van der Waals surface area contributed by atoms with Crippen molar-refractivity contribution in [2.45, 2.75) is 32.9 Å². The van der Waals surface area contributed by atoms with Crippen molar-refractivity contribution in [1.82, 2.24) is 20.8 Å². The zero-order valence-electron chi connectivity index (χ0n) is 16.4. The van der Waals surface area contributed by atoms with Crippen LogP contribution in [0, 0.1) is 6.92 Å². The SMILES string of the molecule is Cc1c(C(C)NC(=O)C(C)NC(=O)c2n[nH]c3ccccc23)oc2ccccc12. The van der Waals surface area contributed by atoms with Gasteiger partial charge in [-0.2, -0.15) is 5.10 Å². The highest BCUT2D eigenvalue weighted by atomic mass is 16.3. The number of aryl methyl sites for hydroxylation is 1. The lowest BCUT2D eigenvalue weighted by Crippen LogP contribution is -2.45. The number of nitrogens with one attached hydrogen (secondary N) is 3. The summed E-state index contributed by atoms with van der Waals surface area (Å²) in [6.45, 7) is 5.47. The lowest BCUT2D eigenvalue weighted by atomic mass is 10.1. The van der Waals surface area contributed by atoms with Gasteiger partial charge in [-0.25, -0.2) is 0 Å². The molecule has 4 rings (SSSR count). The molecule has 2 unspecified atom stereocenters. The minimum atomic E-state index is -0.731. The van der Waals surface area contributed by atoms with E-state index in [1.807, 2.05) is 62.4 Å². The minimum Gasteiger partial charge on any atom is -0.459 e. The highest BCUT2D eigenvalue weighted by molar-refractivity contribution is 6.05. The summed E-state index contributed by atoms with van der Waals surface area (Å²) in [5.74, 6) is -0.000380. The number of H-pyrrole nitrogens is 1. The normalized spacial score (nSPS) is 13.3. The van der Waals surface area contributed by atoms with Crippen LogP contribution in [0.15, 0.2) is 52.9 Å². The Labute approximate surface area is 167 Å². The molecule has 7 nitrogen and oxygen atoms in total. The van der Waals surface area contributed by atoms with Crippen LogP contribution in [0.1, 0.15) is 41.7 Å². The monoisotopic (exact) mass is 390 g/mol. The first-order valence-corrected chi connectivity index (χ1v) is 9.48. The predicted molar refractivity (Wildman–Crippen MR) is 111 cm³/mol. The number of carbonyl (C=O) groups is 2. The van der Waals surface area contributed by atoms with Gasteiger partial charge in [0.25, 0.3) is 5.91 Å². The third-order valence-corrected chi connectivity index (χ3v) is 5.06. The molecule has 2 aromatic carbocycles. The van der Waals surface area contributed by atoms with Crippen molar-refractivity contribution >= 4 is 33.7 Å². The second kappa shape index (κ2) is 7.43. The van der Waals surface area contributed by atoms with Crippen molar-refractivity contribution in [2.75, 3.05) is 0 Å². The molecule has 0 saturated carbocycles. The Bertz CT molecular complexity index is 1210. The van der Waals surface area contributed by atoms with E-state index in [4.69, 9.17) is 4.42 Å². The van der Waals surface area contributed by atoms with Gasteiger partial charge in [0.05, 0.1) is 11.6 Å². The molecular formula is C22H22N4O3. The van der Waals surface area contributed by atoms with Crippen LogP contribution >= 0.6 is 0 Å². The maximum atomic E-state index is 12.6. The fourth-order valence-electron chi connectivity index (χ4n) is 3.48. The molecule has 0 spiro atoms. The lowest BCUT2D eigenvalue weighted by molar-refractivity contribution is -0.123. The van der Waals surface area contributed by atoms with Gasteiger partial charge in [-0.05, 0) is 32.9 Å². The van der Waals surface area contributed by atoms with E-state index in [9.17, 15) is 9.59 Å². The Kier molecular flexibility index (Phi) is 4.80. The van der Waals surface area contributed by atoms with Crippen LogP contribution in [0.4, 0.5) is 0 Å². The molecule has 29 heavy (non-hydrogen) atoms. The van der Waals surface area contributed by atoms with Crippen molar-refractivity contribution < 1.29 is 14.0 Å². The van der Waals surface area contributed by atoms with Crippen LogP contribution in [0.5, 0.6) is 0 Å². The van der Waals surface area contributed by atoms with Crippen molar-refractivity contribution in [3.05, 3.63) is 65.5 Å². The summed E-state index contributed by atoms with van der Waals surface area (Å²) in [6.07, 6.45) is 0. The highest BCUT2D eigenvalue weighted by Crippen LogP contribution is 2.29. The van der Waals surface area contributed by atoms with Gasteiger partial charge in [-0.3, -0.25) is 14.7 Å². The van der Waals surface area contributed by atoms with E-state index in [1.165, 1.54) is 0 Å². The van der Waals surface area contributed by atoms with Crippen LogP contribution in [0.2, 0.25) is 0 Å². The number of nitrogens with zero attached hydrogens (tertiary/aromatic N) is 1. The molecule has 0 aliphatic rings. The van der Waals surface area contributed by atoms with Crippen molar-refractivity contribution in [2.24, 2.45) is 0 Å². The molecule has 0 bridgehead atoms. The third kappa shape index (κ3) is 3.47. The van der Waals surface area contributed by atoms with Gasteiger partial charge < -0.3 is 15.1 Å². The molecule has 0 aliphatic carbocycles. The average Bonchev–Trinajstić information content (AvgIpc) is 3.29. The van der Waals surface area contributed by atoms with Gasteiger partial charge in [0.2, 0.25) is 5.91 Å². The number of hydrogen-bond donors (Lipinski definition) is 3. The predicted octanol–water partition coefficient (Wildman–Crippen LogP) is 3.61. The molecule has 3 N–H and O–H groups in total. The summed E-state index contributed by atoms with van der Waals surface area (Å²) < 4.78 is 5.91. The number of rotatable bonds is 5. The maximum Gasteiger partial charge on any atom is 0.273 e. The quantitative estimate of drug-likeness (QED) is 0.485. The summed E-state index contributed by atoms with van der Waals surface area (Å²) in [6, 6.07) is 14.0. The Balaban J connectivity index is 1.45. The number of benzene rings is 2. The molecule has 0 saturated heterocycles. The van der Waals surface area contributed by atoms with Crippen molar-refractivity contribution in [3.8, 4) is 0 Å². The second-order valence-corrected chi connectivity index (χ2v) is 7.13. The summed E-state index contributed by atoms with van der Waals surface area (Å²) in [5.41, 5.74) is 2.81. The molecule has 7 heteroatoms. The molecule has 0 radical (unpaired) electrons. The number of para-hydroxylation sites is 2. The molecule has 2 aromatic heterocycles. The standard InChI is InChI=1S/C22H22N4O3/c1-12-15-8-5-7-11-18(15)29-20(12)13(2)23-21(27)14(3)24-22(28)19-16-9-4-6-10-17(16)25-26-19/h4-11,13-14H,1-3H3,(H,23,27)(H,24,28)(H,25,26). The van der Waals surface area contributed by atoms with Gasteiger partial charge in [-0.1, -0.05) is 36.4 Å². The number of amides is 2. The van der Waals surface area contributed by atoms with E-state index < -0.39 is 11.9 Å². The Morgan fingerprint density at radius 2 is 1.69 bits per heavy atom. The molecule has 148 valence electrons. The Morgan fingerprint density at radius 3 is 2.45 bits per heavy atom. The van der Waals surface area contributed by atoms with Crippen molar-refractivity contribution in [1.29, 1.82) is 0 Å². The number of carbonyl (C=O) groups excluding carboxylic acids is 2. The van der Waals surface area contributed by atoms with E-state index in [0.717, 1.165) is 22.0 Å². The molecule has 0 fully saturated rings. The smallest absolute Gasteiger partial charge is 0.273 e. The zero-order valence-corrected chi connectivity index (χ0v) is 16.4. The number of fused-ring (bicyclic) bond motifs is 2. The molecular weight excluding hydrogens is 368 g/mol. The van der Waals surface area contributed by atoms with Crippen LogP contribution < -0.4 is 10.6 Å². The first-order chi connectivity index (χ1) is 14.0. The van der Waals surface area contributed by atoms with Crippen LogP contribution in [-0.2, 0) is 4.79 Å². The topological polar surface area (TPSA) is 100 Å².